The Morgan fingerprint density at radius 2 is 2.11 bits per heavy atom. The number of likely N-dealkylation sites (N-methyl/N-ethyl adjacent to an activating group) is 1. The first-order valence-electron chi connectivity index (χ1n) is 9.58. The maximum atomic E-state index is 5.22. The second-order valence-electron chi connectivity index (χ2n) is 7.44. The van der Waals surface area contributed by atoms with E-state index in [9.17, 15) is 0 Å². The number of nitrogens with zero attached hydrogens (tertiary/aromatic N) is 5. The van der Waals surface area contributed by atoms with E-state index >= 15 is 0 Å². The third kappa shape index (κ3) is 3.21. The summed E-state index contributed by atoms with van der Waals surface area (Å²) < 4.78 is 7.35. The molecule has 6 heteroatoms. The standard InChI is InChI=1S/C22H23N5O/c1-25-8-9-26(12-17-6-10-28-15-17)14-21(25)22-20-5-4-19(13-27(20)16-24-22)18-3-2-7-23-11-18/h2-7,10-11,13,15-16,21H,8-9,12,14H2,1H3. The highest BCUT2D eigenvalue weighted by molar-refractivity contribution is 5.66. The van der Waals surface area contributed by atoms with Crippen LogP contribution in [0.15, 0.2) is 72.2 Å². The van der Waals surface area contributed by atoms with Gasteiger partial charge in [-0.2, -0.15) is 0 Å². The summed E-state index contributed by atoms with van der Waals surface area (Å²) in [6, 6.07) is 10.7. The number of rotatable bonds is 4. The Labute approximate surface area is 164 Å². The Hall–Kier alpha value is -2.96. The van der Waals surface area contributed by atoms with E-state index in [1.807, 2.05) is 30.9 Å². The van der Waals surface area contributed by atoms with Gasteiger partial charge in [0.1, 0.15) is 0 Å². The highest BCUT2D eigenvalue weighted by Crippen LogP contribution is 2.29. The molecular formula is C22H23N5O. The monoisotopic (exact) mass is 373 g/mol. The van der Waals surface area contributed by atoms with E-state index < -0.39 is 0 Å². The number of pyridine rings is 2. The van der Waals surface area contributed by atoms with E-state index in [-0.39, 0.29) is 6.04 Å². The topological polar surface area (TPSA) is 49.8 Å². The molecule has 0 N–H and O–H groups in total. The van der Waals surface area contributed by atoms with Crippen LogP contribution >= 0.6 is 0 Å². The van der Waals surface area contributed by atoms with Crippen LogP contribution in [0, 0.1) is 0 Å². The van der Waals surface area contributed by atoms with Gasteiger partial charge in [-0.15, -0.1) is 0 Å². The smallest absolute Gasteiger partial charge is 0.0996 e. The van der Waals surface area contributed by atoms with Crippen molar-refractivity contribution in [3.05, 3.63) is 79.0 Å². The first-order chi connectivity index (χ1) is 13.8. The normalized spacial score (nSPS) is 18.7. The molecule has 5 rings (SSSR count). The van der Waals surface area contributed by atoms with Crippen LogP contribution < -0.4 is 0 Å². The second-order valence-corrected chi connectivity index (χ2v) is 7.44. The molecule has 0 bridgehead atoms. The van der Waals surface area contributed by atoms with Crippen molar-refractivity contribution in [2.45, 2.75) is 12.6 Å². The summed E-state index contributed by atoms with van der Waals surface area (Å²) in [4.78, 5) is 13.9. The highest BCUT2D eigenvalue weighted by Gasteiger charge is 2.28. The molecule has 1 aliphatic heterocycles. The van der Waals surface area contributed by atoms with Crippen LogP contribution in [0.4, 0.5) is 0 Å². The van der Waals surface area contributed by atoms with Crippen LogP contribution in [0.25, 0.3) is 16.6 Å². The van der Waals surface area contributed by atoms with Crippen molar-refractivity contribution < 1.29 is 4.42 Å². The second kappa shape index (κ2) is 7.22. The van der Waals surface area contributed by atoms with Crippen LogP contribution in [0.1, 0.15) is 17.3 Å². The Bertz CT molecular complexity index is 1060. The number of hydrogen-bond donors (Lipinski definition) is 0. The molecule has 0 radical (unpaired) electrons. The van der Waals surface area contributed by atoms with Crippen molar-refractivity contribution in [3.8, 4) is 11.1 Å². The van der Waals surface area contributed by atoms with E-state index in [2.05, 4.69) is 50.6 Å². The van der Waals surface area contributed by atoms with Crippen LogP contribution in [0.2, 0.25) is 0 Å². The van der Waals surface area contributed by atoms with Crippen LogP contribution in [-0.2, 0) is 6.54 Å². The van der Waals surface area contributed by atoms with Gasteiger partial charge in [-0.3, -0.25) is 14.8 Å². The van der Waals surface area contributed by atoms with Gasteiger partial charge < -0.3 is 8.82 Å². The van der Waals surface area contributed by atoms with Crippen molar-refractivity contribution in [1.29, 1.82) is 0 Å². The third-order valence-electron chi connectivity index (χ3n) is 5.59. The zero-order valence-electron chi connectivity index (χ0n) is 15.9. The minimum absolute atomic E-state index is 0.273. The quantitative estimate of drug-likeness (QED) is 0.548. The fourth-order valence-electron chi connectivity index (χ4n) is 3.99. The Kier molecular flexibility index (Phi) is 4.43. The third-order valence-corrected chi connectivity index (χ3v) is 5.59. The van der Waals surface area contributed by atoms with Gasteiger partial charge >= 0.3 is 0 Å². The summed E-state index contributed by atoms with van der Waals surface area (Å²) in [5.41, 5.74) is 5.77. The molecule has 28 heavy (non-hydrogen) atoms. The van der Waals surface area contributed by atoms with Gasteiger partial charge in [0.25, 0.3) is 0 Å². The van der Waals surface area contributed by atoms with Gasteiger partial charge in [0.15, 0.2) is 0 Å². The fraction of sp³-hybridized carbons (Fsp3) is 0.273. The SMILES string of the molecule is CN1CCN(Cc2ccoc2)CC1c1ncn2cc(-c3cccnc3)ccc12. The van der Waals surface area contributed by atoms with Crippen molar-refractivity contribution in [1.82, 2.24) is 24.2 Å². The Morgan fingerprint density at radius 3 is 2.93 bits per heavy atom. The highest BCUT2D eigenvalue weighted by atomic mass is 16.3. The van der Waals surface area contributed by atoms with Gasteiger partial charge in [0.05, 0.1) is 36.1 Å². The number of furan rings is 1. The van der Waals surface area contributed by atoms with Gasteiger partial charge in [-0.25, -0.2) is 4.98 Å². The molecule has 0 amide bonds. The van der Waals surface area contributed by atoms with E-state index in [1.165, 1.54) is 5.56 Å². The van der Waals surface area contributed by atoms with Gasteiger partial charge in [0, 0.05) is 55.9 Å². The summed E-state index contributed by atoms with van der Waals surface area (Å²) in [5, 5.41) is 0. The van der Waals surface area contributed by atoms with Crippen LogP contribution in [0.5, 0.6) is 0 Å². The van der Waals surface area contributed by atoms with E-state index in [1.54, 1.807) is 12.5 Å². The molecule has 0 saturated carbocycles. The molecule has 4 aromatic rings. The van der Waals surface area contributed by atoms with Crippen LogP contribution in [-0.4, -0.2) is 50.9 Å². The molecule has 1 fully saturated rings. The summed E-state index contributed by atoms with van der Waals surface area (Å²) in [7, 11) is 2.19. The largest absolute Gasteiger partial charge is 0.472 e. The molecule has 0 spiro atoms. The van der Waals surface area contributed by atoms with Crippen molar-refractivity contribution in [2.75, 3.05) is 26.7 Å². The predicted molar refractivity (Wildman–Crippen MR) is 108 cm³/mol. The lowest BCUT2D eigenvalue weighted by molar-refractivity contribution is 0.0891. The summed E-state index contributed by atoms with van der Waals surface area (Å²) >= 11 is 0. The maximum Gasteiger partial charge on any atom is 0.0996 e. The molecule has 6 nitrogen and oxygen atoms in total. The minimum Gasteiger partial charge on any atom is -0.472 e. The molecule has 0 aliphatic carbocycles. The zero-order chi connectivity index (χ0) is 18.9. The molecule has 5 heterocycles. The van der Waals surface area contributed by atoms with E-state index in [4.69, 9.17) is 9.40 Å². The van der Waals surface area contributed by atoms with Gasteiger partial charge in [0.2, 0.25) is 0 Å². The van der Waals surface area contributed by atoms with Crippen molar-refractivity contribution in [3.63, 3.8) is 0 Å². The Balaban J connectivity index is 1.43. The molecule has 1 atom stereocenters. The fourth-order valence-corrected chi connectivity index (χ4v) is 3.99. The van der Waals surface area contributed by atoms with E-state index in [0.29, 0.717) is 0 Å². The zero-order valence-corrected chi connectivity index (χ0v) is 15.9. The number of hydrogen-bond acceptors (Lipinski definition) is 5. The lowest BCUT2D eigenvalue weighted by Gasteiger charge is -2.38. The Morgan fingerprint density at radius 1 is 1.14 bits per heavy atom. The van der Waals surface area contributed by atoms with Crippen LogP contribution in [0.3, 0.4) is 0 Å². The molecule has 142 valence electrons. The number of piperazine rings is 1. The first-order valence-corrected chi connectivity index (χ1v) is 9.58. The summed E-state index contributed by atoms with van der Waals surface area (Å²) in [6.45, 7) is 3.95. The molecule has 1 saturated heterocycles. The maximum absolute atomic E-state index is 5.22. The van der Waals surface area contributed by atoms with Gasteiger partial charge in [-0.05, 0) is 30.8 Å². The lowest BCUT2D eigenvalue weighted by Crippen LogP contribution is -2.46. The molecular weight excluding hydrogens is 350 g/mol. The van der Waals surface area contributed by atoms with E-state index in [0.717, 1.165) is 48.5 Å². The van der Waals surface area contributed by atoms with Crippen molar-refractivity contribution in [2.24, 2.45) is 0 Å². The van der Waals surface area contributed by atoms with Gasteiger partial charge in [-0.1, -0.05) is 12.1 Å². The minimum atomic E-state index is 0.273. The number of fused-ring (bicyclic) bond motifs is 1. The first kappa shape index (κ1) is 17.2. The summed E-state index contributed by atoms with van der Waals surface area (Å²) in [6.07, 6.45) is 11.3. The predicted octanol–water partition coefficient (Wildman–Crippen LogP) is 3.48. The average Bonchev–Trinajstić information content (AvgIpc) is 3.39. The number of imidazole rings is 1. The molecule has 0 aromatic carbocycles. The molecule has 1 aliphatic rings. The number of aromatic nitrogens is 3. The van der Waals surface area contributed by atoms with Crippen molar-refractivity contribution >= 4 is 5.52 Å². The molecule has 4 aromatic heterocycles. The molecule has 1 unspecified atom stereocenters. The summed E-state index contributed by atoms with van der Waals surface area (Å²) in [5.74, 6) is 0. The average molecular weight is 373 g/mol. The lowest BCUT2D eigenvalue weighted by atomic mass is 10.1.